The molecule has 1 unspecified atom stereocenters. The van der Waals surface area contributed by atoms with Crippen molar-refractivity contribution in [3.05, 3.63) is 71.4 Å². The molecule has 2 aromatic carbocycles. The maximum absolute atomic E-state index is 12.4. The fourth-order valence-corrected chi connectivity index (χ4v) is 4.21. The minimum Gasteiger partial charge on any atom is -0.477 e. The van der Waals surface area contributed by atoms with Crippen LogP contribution in [0.2, 0.25) is 0 Å². The summed E-state index contributed by atoms with van der Waals surface area (Å²) in [4.78, 5) is 36.0. The number of rotatable bonds is 9. The van der Waals surface area contributed by atoms with Crippen LogP contribution in [0.15, 0.2) is 54.7 Å². The van der Waals surface area contributed by atoms with Crippen LogP contribution in [0.4, 0.5) is 10.6 Å². The number of anilines is 1. The van der Waals surface area contributed by atoms with Crippen molar-refractivity contribution in [1.82, 2.24) is 15.1 Å². The number of hydrogen-bond acceptors (Lipinski definition) is 6. The molecule has 0 aliphatic heterocycles. The lowest BCUT2D eigenvalue weighted by molar-refractivity contribution is -0.118. The van der Waals surface area contributed by atoms with E-state index in [1.54, 1.807) is 7.05 Å². The minimum absolute atomic E-state index is 0.0363. The van der Waals surface area contributed by atoms with Crippen LogP contribution >= 0.6 is 0 Å². The lowest BCUT2D eigenvalue weighted by Gasteiger charge is -2.17. The first-order chi connectivity index (χ1) is 16.9. The van der Waals surface area contributed by atoms with Gasteiger partial charge < -0.3 is 25.2 Å². The molecule has 1 aliphatic carbocycles. The number of methoxy groups -OCH3 is 1. The number of nitrogens with one attached hydrogen (secondary N) is 2. The first-order valence-corrected chi connectivity index (χ1v) is 11.1. The highest BCUT2D eigenvalue weighted by Gasteiger charge is 2.29. The normalized spacial score (nSPS) is 13.0. The van der Waals surface area contributed by atoms with Gasteiger partial charge in [0.25, 0.3) is 0 Å². The molecule has 3 N–H and O–H groups in total. The Morgan fingerprint density at radius 3 is 2.31 bits per heavy atom. The molecule has 0 radical (unpaired) electrons. The number of aromatic carboxylic acids is 1. The van der Waals surface area contributed by atoms with Crippen molar-refractivity contribution >= 4 is 23.8 Å². The molecule has 1 heterocycles. The van der Waals surface area contributed by atoms with E-state index in [2.05, 4.69) is 27.9 Å². The highest BCUT2D eigenvalue weighted by molar-refractivity contribution is 5.99. The quantitative estimate of drug-likeness (QED) is 0.431. The largest absolute Gasteiger partial charge is 0.477 e. The molecule has 0 saturated carbocycles. The Morgan fingerprint density at radius 1 is 1.09 bits per heavy atom. The van der Waals surface area contributed by atoms with Crippen molar-refractivity contribution in [1.29, 1.82) is 0 Å². The molecule has 1 aromatic heterocycles. The molecule has 182 valence electrons. The third-order valence-electron chi connectivity index (χ3n) is 5.88. The summed E-state index contributed by atoms with van der Waals surface area (Å²) in [6.45, 7) is 0.213. The van der Waals surface area contributed by atoms with Gasteiger partial charge >= 0.3 is 12.1 Å². The number of aromatic nitrogens is 2. The Bertz CT molecular complexity index is 1210. The van der Waals surface area contributed by atoms with E-state index in [-0.39, 0.29) is 36.9 Å². The predicted octanol–water partition coefficient (Wildman–Crippen LogP) is 3.00. The average Bonchev–Trinajstić information content (AvgIpc) is 3.37. The number of ether oxygens (including phenoxy) is 2. The van der Waals surface area contributed by atoms with Gasteiger partial charge in [0.2, 0.25) is 5.91 Å². The number of aryl methyl sites for hydroxylation is 1. The van der Waals surface area contributed by atoms with Gasteiger partial charge in [0.05, 0.1) is 12.5 Å². The van der Waals surface area contributed by atoms with E-state index in [0.717, 1.165) is 22.3 Å². The Morgan fingerprint density at radius 2 is 1.71 bits per heavy atom. The second kappa shape index (κ2) is 10.4. The summed E-state index contributed by atoms with van der Waals surface area (Å²) in [5.41, 5.74) is 4.39. The molecule has 10 heteroatoms. The topological polar surface area (TPSA) is 132 Å². The first-order valence-electron chi connectivity index (χ1n) is 11.1. The first kappa shape index (κ1) is 24.0. The van der Waals surface area contributed by atoms with E-state index >= 15 is 0 Å². The van der Waals surface area contributed by atoms with Gasteiger partial charge in [-0.2, -0.15) is 5.10 Å². The van der Waals surface area contributed by atoms with Crippen molar-refractivity contribution < 1.29 is 29.0 Å². The highest BCUT2D eigenvalue weighted by Crippen LogP contribution is 2.44. The molecule has 0 spiro atoms. The number of fused-ring (bicyclic) bond motifs is 3. The molecule has 35 heavy (non-hydrogen) atoms. The summed E-state index contributed by atoms with van der Waals surface area (Å²) >= 11 is 0. The zero-order chi connectivity index (χ0) is 24.9. The molecule has 0 bridgehead atoms. The Labute approximate surface area is 201 Å². The van der Waals surface area contributed by atoms with Gasteiger partial charge in [-0.15, -0.1) is 0 Å². The van der Waals surface area contributed by atoms with E-state index in [4.69, 9.17) is 9.47 Å². The van der Waals surface area contributed by atoms with Gasteiger partial charge in [-0.3, -0.25) is 9.48 Å². The molecule has 1 atom stereocenters. The van der Waals surface area contributed by atoms with Crippen LogP contribution in [0.5, 0.6) is 0 Å². The van der Waals surface area contributed by atoms with Crippen LogP contribution in [0, 0.1) is 0 Å². The number of nitrogens with zero attached hydrogens (tertiary/aromatic N) is 2. The van der Waals surface area contributed by atoms with Gasteiger partial charge in [-0.25, -0.2) is 9.59 Å². The van der Waals surface area contributed by atoms with E-state index in [1.807, 2.05) is 36.4 Å². The third-order valence-corrected chi connectivity index (χ3v) is 5.88. The Hall–Kier alpha value is -4.18. The standard InChI is InChI=1S/C25H26N4O6/c1-29-13-20(24(31)32)23(28-29)27-22(30)11-15(34-2)12-26-25(33)35-14-21-18-9-5-3-7-16(18)17-8-4-6-10-19(17)21/h3-10,13,15,21H,11-12,14H2,1-2H3,(H,26,33)(H,31,32)(H,27,28,30). The van der Waals surface area contributed by atoms with Crippen LogP contribution in [0.1, 0.15) is 33.8 Å². The summed E-state index contributed by atoms with van der Waals surface area (Å²) in [5.74, 6) is -1.80. The second-order valence-corrected chi connectivity index (χ2v) is 8.19. The van der Waals surface area contributed by atoms with Crippen LogP contribution in [-0.4, -0.2) is 59.2 Å². The predicted molar refractivity (Wildman–Crippen MR) is 127 cm³/mol. The zero-order valence-electron chi connectivity index (χ0n) is 19.4. The molecule has 3 aromatic rings. The van der Waals surface area contributed by atoms with Gasteiger partial charge in [0.1, 0.15) is 12.2 Å². The van der Waals surface area contributed by atoms with Crippen LogP contribution < -0.4 is 10.6 Å². The average molecular weight is 479 g/mol. The SMILES string of the molecule is COC(CNC(=O)OCC1c2ccccc2-c2ccccc21)CC(=O)Nc1nn(C)cc1C(=O)O. The summed E-state index contributed by atoms with van der Waals surface area (Å²) in [5, 5.41) is 18.3. The highest BCUT2D eigenvalue weighted by atomic mass is 16.5. The lowest BCUT2D eigenvalue weighted by Crippen LogP contribution is -2.36. The molecule has 2 amide bonds. The fraction of sp³-hybridized carbons (Fsp3) is 0.280. The summed E-state index contributed by atoms with van der Waals surface area (Å²) in [7, 11) is 2.97. The number of carboxylic acids is 1. The van der Waals surface area contributed by atoms with Crippen molar-refractivity contribution in [2.24, 2.45) is 7.05 Å². The van der Waals surface area contributed by atoms with E-state index < -0.39 is 24.1 Å². The van der Waals surface area contributed by atoms with Crippen molar-refractivity contribution in [3.8, 4) is 11.1 Å². The van der Waals surface area contributed by atoms with E-state index in [1.165, 1.54) is 18.0 Å². The number of alkyl carbamates (subject to hydrolysis) is 1. The molecule has 10 nitrogen and oxygen atoms in total. The molecular weight excluding hydrogens is 452 g/mol. The summed E-state index contributed by atoms with van der Waals surface area (Å²) in [6.07, 6.45) is -0.0834. The Kier molecular flexibility index (Phi) is 7.11. The summed E-state index contributed by atoms with van der Waals surface area (Å²) < 4.78 is 12.1. The molecule has 0 saturated heterocycles. The van der Waals surface area contributed by atoms with Gasteiger partial charge in [-0.1, -0.05) is 48.5 Å². The van der Waals surface area contributed by atoms with Crippen LogP contribution in [-0.2, 0) is 21.3 Å². The van der Waals surface area contributed by atoms with Crippen LogP contribution in [0.25, 0.3) is 11.1 Å². The van der Waals surface area contributed by atoms with Crippen LogP contribution in [0.3, 0.4) is 0 Å². The minimum atomic E-state index is -1.20. The smallest absolute Gasteiger partial charge is 0.407 e. The van der Waals surface area contributed by atoms with Crippen molar-refractivity contribution in [2.75, 3.05) is 25.6 Å². The second-order valence-electron chi connectivity index (χ2n) is 8.19. The van der Waals surface area contributed by atoms with E-state index in [0.29, 0.717) is 0 Å². The van der Waals surface area contributed by atoms with Gasteiger partial charge in [0.15, 0.2) is 5.82 Å². The maximum Gasteiger partial charge on any atom is 0.407 e. The van der Waals surface area contributed by atoms with E-state index in [9.17, 15) is 19.5 Å². The van der Waals surface area contributed by atoms with Gasteiger partial charge in [0, 0.05) is 32.8 Å². The number of carbonyl (C=O) groups excluding carboxylic acids is 2. The summed E-state index contributed by atoms with van der Waals surface area (Å²) in [6, 6.07) is 16.1. The monoisotopic (exact) mass is 478 g/mol. The third kappa shape index (κ3) is 5.33. The molecule has 0 fully saturated rings. The number of amides is 2. The number of hydrogen-bond donors (Lipinski definition) is 3. The molecule has 1 aliphatic rings. The zero-order valence-corrected chi connectivity index (χ0v) is 19.4. The fourth-order valence-electron chi connectivity index (χ4n) is 4.21. The van der Waals surface area contributed by atoms with Gasteiger partial charge in [-0.05, 0) is 22.3 Å². The van der Waals surface area contributed by atoms with Crippen molar-refractivity contribution in [2.45, 2.75) is 18.4 Å². The Balaban J connectivity index is 1.29. The number of carbonyl (C=O) groups is 3. The maximum atomic E-state index is 12.4. The lowest BCUT2D eigenvalue weighted by atomic mass is 9.98. The molecular formula is C25H26N4O6. The number of benzene rings is 2. The van der Waals surface area contributed by atoms with Crippen molar-refractivity contribution in [3.63, 3.8) is 0 Å². The number of carboxylic acid groups (broad SMARTS) is 1. The molecule has 4 rings (SSSR count).